The predicted octanol–water partition coefficient (Wildman–Crippen LogP) is 5.19. The second-order valence-corrected chi connectivity index (χ2v) is 6.27. The maximum absolute atomic E-state index is 8.95. The van der Waals surface area contributed by atoms with Crippen molar-refractivity contribution in [3.8, 4) is 23.2 Å². The fourth-order valence-corrected chi connectivity index (χ4v) is 2.59. The zero-order chi connectivity index (χ0) is 17.9. The molecule has 1 heterocycles. The Labute approximate surface area is 150 Å². The summed E-state index contributed by atoms with van der Waals surface area (Å²) in [6, 6.07) is 10.1. The lowest BCUT2D eigenvalue weighted by Gasteiger charge is -2.09. The van der Waals surface area contributed by atoms with Crippen molar-refractivity contribution in [1.82, 2.24) is 9.97 Å². The molecule has 0 amide bonds. The molecule has 1 atom stereocenters. The zero-order valence-electron chi connectivity index (χ0n) is 15.2. The van der Waals surface area contributed by atoms with Crippen LogP contribution in [0.25, 0.3) is 11.4 Å². The highest BCUT2D eigenvalue weighted by atomic mass is 16.5. The molecule has 0 saturated heterocycles. The van der Waals surface area contributed by atoms with E-state index in [0.29, 0.717) is 6.61 Å². The molecule has 0 aliphatic rings. The molecular weight excluding hydrogens is 310 g/mol. The van der Waals surface area contributed by atoms with Crippen molar-refractivity contribution >= 4 is 0 Å². The van der Waals surface area contributed by atoms with Crippen molar-refractivity contribution in [3.05, 3.63) is 42.2 Å². The fraction of sp³-hybridized carbons (Fsp3) is 0.476. The minimum atomic E-state index is 0.0727. The summed E-state index contributed by atoms with van der Waals surface area (Å²) < 4.78 is 5.71. The van der Waals surface area contributed by atoms with E-state index in [9.17, 15) is 0 Å². The molecular formula is C21H27N3O. The van der Waals surface area contributed by atoms with Crippen LogP contribution in [-0.2, 0) is 6.42 Å². The van der Waals surface area contributed by atoms with Gasteiger partial charge in [0.25, 0.3) is 0 Å². The first kappa shape index (κ1) is 18.9. The molecule has 2 aromatic rings. The van der Waals surface area contributed by atoms with E-state index in [0.717, 1.165) is 36.4 Å². The van der Waals surface area contributed by atoms with E-state index in [4.69, 9.17) is 10.00 Å². The molecule has 1 unspecified atom stereocenters. The van der Waals surface area contributed by atoms with E-state index in [-0.39, 0.29) is 5.92 Å². The van der Waals surface area contributed by atoms with Crippen LogP contribution in [0.1, 0.15) is 51.5 Å². The van der Waals surface area contributed by atoms with E-state index in [1.54, 1.807) is 0 Å². The van der Waals surface area contributed by atoms with Gasteiger partial charge in [-0.3, -0.25) is 0 Å². The predicted molar refractivity (Wildman–Crippen MR) is 100 cm³/mol. The number of unbranched alkanes of at least 4 members (excludes halogenated alkanes) is 2. The summed E-state index contributed by atoms with van der Waals surface area (Å²) in [7, 11) is 0. The number of hydrogen-bond donors (Lipinski definition) is 0. The Hall–Kier alpha value is -2.41. The summed E-state index contributed by atoms with van der Waals surface area (Å²) in [4.78, 5) is 8.95. The van der Waals surface area contributed by atoms with E-state index in [1.807, 2.05) is 43.6 Å². The summed E-state index contributed by atoms with van der Waals surface area (Å²) in [6.45, 7) is 4.80. The van der Waals surface area contributed by atoms with Crippen LogP contribution in [0.15, 0.2) is 36.7 Å². The number of nitriles is 1. The summed E-state index contributed by atoms with van der Waals surface area (Å²) in [6.07, 6.45) is 10.2. The third-order valence-electron chi connectivity index (χ3n) is 4.30. The number of ether oxygens (including phenoxy) is 1. The number of aromatic nitrogens is 2. The van der Waals surface area contributed by atoms with Crippen molar-refractivity contribution in [3.63, 3.8) is 0 Å². The minimum absolute atomic E-state index is 0.0727. The molecule has 0 saturated carbocycles. The van der Waals surface area contributed by atoms with Crippen molar-refractivity contribution in [2.24, 2.45) is 5.92 Å². The molecule has 0 spiro atoms. The summed E-state index contributed by atoms with van der Waals surface area (Å²) in [5.74, 6) is 1.62. The van der Waals surface area contributed by atoms with Gasteiger partial charge in [-0.2, -0.15) is 5.26 Å². The molecule has 0 N–H and O–H groups in total. The monoisotopic (exact) mass is 337 g/mol. The van der Waals surface area contributed by atoms with Crippen LogP contribution in [-0.4, -0.2) is 16.6 Å². The standard InChI is InChI=1S/C21H27N3O/c1-3-5-6-7-18-15-23-21(24-16-18)19-8-10-20(11-9-19)25-13-12-17(4-2)14-22/h8-11,15-17H,3-7,12-13H2,1-2H3. The summed E-state index contributed by atoms with van der Waals surface area (Å²) in [5, 5.41) is 8.95. The SMILES string of the molecule is CCCCCc1cnc(-c2ccc(OCCC(C#N)CC)cc2)nc1. The second-order valence-electron chi connectivity index (χ2n) is 6.27. The van der Waals surface area contributed by atoms with E-state index in [2.05, 4.69) is 23.0 Å². The van der Waals surface area contributed by atoms with Crippen molar-refractivity contribution in [1.29, 1.82) is 5.26 Å². The maximum Gasteiger partial charge on any atom is 0.159 e. The lowest BCUT2D eigenvalue weighted by atomic mass is 10.1. The average molecular weight is 337 g/mol. The van der Waals surface area contributed by atoms with Crippen LogP contribution in [0.5, 0.6) is 5.75 Å². The third kappa shape index (κ3) is 6.19. The molecule has 132 valence electrons. The Bertz CT molecular complexity index is 659. The van der Waals surface area contributed by atoms with Gasteiger partial charge in [0.2, 0.25) is 0 Å². The topological polar surface area (TPSA) is 58.8 Å². The van der Waals surface area contributed by atoms with Crippen LogP contribution in [0, 0.1) is 17.2 Å². The molecule has 0 aliphatic heterocycles. The highest BCUT2D eigenvalue weighted by molar-refractivity contribution is 5.55. The van der Waals surface area contributed by atoms with Gasteiger partial charge >= 0.3 is 0 Å². The Balaban J connectivity index is 1.88. The maximum atomic E-state index is 8.95. The minimum Gasteiger partial charge on any atom is -0.494 e. The average Bonchev–Trinajstić information content (AvgIpc) is 2.67. The highest BCUT2D eigenvalue weighted by Gasteiger charge is 2.05. The molecule has 0 bridgehead atoms. The Morgan fingerprint density at radius 1 is 1.08 bits per heavy atom. The number of aryl methyl sites for hydroxylation is 1. The van der Waals surface area contributed by atoms with Gasteiger partial charge in [0.05, 0.1) is 12.7 Å². The number of benzene rings is 1. The molecule has 4 heteroatoms. The fourth-order valence-electron chi connectivity index (χ4n) is 2.59. The number of hydrogen-bond acceptors (Lipinski definition) is 4. The highest BCUT2D eigenvalue weighted by Crippen LogP contribution is 2.20. The lowest BCUT2D eigenvalue weighted by molar-refractivity contribution is 0.291. The molecule has 2 rings (SSSR count). The van der Waals surface area contributed by atoms with E-state index >= 15 is 0 Å². The second kappa shape index (κ2) is 10.5. The first-order valence-electron chi connectivity index (χ1n) is 9.20. The van der Waals surface area contributed by atoms with Gasteiger partial charge in [-0.25, -0.2) is 9.97 Å². The van der Waals surface area contributed by atoms with E-state index < -0.39 is 0 Å². The van der Waals surface area contributed by atoms with Crippen LogP contribution < -0.4 is 4.74 Å². The van der Waals surface area contributed by atoms with Gasteiger partial charge in [-0.1, -0.05) is 26.7 Å². The number of nitrogens with zero attached hydrogens (tertiary/aromatic N) is 3. The quantitative estimate of drug-likeness (QED) is 0.559. The summed E-state index contributed by atoms with van der Waals surface area (Å²) >= 11 is 0. The summed E-state index contributed by atoms with van der Waals surface area (Å²) in [5.41, 5.74) is 2.18. The van der Waals surface area contributed by atoms with Gasteiger partial charge in [-0.15, -0.1) is 0 Å². The molecule has 0 aliphatic carbocycles. The molecule has 1 aromatic carbocycles. The van der Waals surface area contributed by atoms with Crippen LogP contribution in [0.4, 0.5) is 0 Å². The largest absolute Gasteiger partial charge is 0.494 e. The van der Waals surface area contributed by atoms with Crippen molar-refractivity contribution < 1.29 is 4.74 Å². The molecule has 25 heavy (non-hydrogen) atoms. The first-order chi connectivity index (χ1) is 12.3. The Morgan fingerprint density at radius 2 is 1.80 bits per heavy atom. The van der Waals surface area contributed by atoms with Crippen molar-refractivity contribution in [2.75, 3.05) is 6.61 Å². The van der Waals surface area contributed by atoms with Crippen LogP contribution in [0.2, 0.25) is 0 Å². The molecule has 0 fully saturated rings. The third-order valence-corrected chi connectivity index (χ3v) is 4.30. The van der Waals surface area contributed by atoms with Gasteiger partial charge < -0.3 is 4.74 Å². The van der Waals surface area contributed by atoms with Gasteiger partial charge in [-0.05, 0) is 55.5 Å². The normalized spacial score (nSPS) is 11.7. The van der Waals surface area contributed by atoms with Gasteiger partial charge in [0.15, 0.2) is 5.82 Å². The van der Waals surface area contributed by atoms with Crippen LogP contribution >= 0.6 is 0 Å². The lowest BCUT2D eigenvalue weighted by Crippen LogP contribution is -2.04. The zero-order valence-corrected chi connectivity index (χ0v) is 15.2. The van der Waals surface area contributed by atoms with Gasteiger partial charge in [0, 0.05) is 23.9 Å². The molecule has 0 radical (unpaired) electrons. The molecule has 4 nitrogen and oxygen atoms in total. The molecule has 1 aromatic heterocycles. The van der Waals surface area contributed by atoms with Crippen molar-refractivity contribution in [2.45, 2.75) is 52.4 Å². The van der Waals surface area contributed by atoms with E-state index in [1.165, 1.54) is 24.8 Å². The smallest absolute Gasteiger partial charge is 0.159 e. The first-order valence-corrected chi connectivity index (χ1v) is 9.20. The van der Waals surface area contributed by atoms with Crippen LogP contribution in [0.3, 0.4) is 0 Å². The Morgan fingerprint density at radius 3 is 2.40 bits per heavy atom. The van der Waals surface area contributed by atoms with Gasteiger partial charge in [0.1, 0.15) is 5.75 Å². The number of rotatable bonds is 10. The Kier molecular flexibility index (Phi) is 7.91.